The minimum absolute atomic E-state index is 0.0456. The van der Waals surface area contributed by atoms with Gasteiger partial charge in [-0.2, -0.15) is 0 Å². The Morgan fingerprint density at radius 2 is 1.95 bits per heavy atom. The summed E-state index contributed by atoms with van der Waals surface area (Å²) in [6, 6.07) is 18.0. The van der Waals surface area contributed by atoms with Crippen LogP contribution in [0.15, 0.2) is 67.3 Å². The van der Waals surface area contributed by atoms with Gasteiger partial charge in [0.15, 0.2) is 0 Å². The lowest BCUT2D eigenvalue weighted by Gasteiger charge is -2.56. The fourth-order valence-electron chi connectivity index (χ4n) is 6.84. The first-order chi connectivity index (χ1) is 18.8. The van der Waals surface area contributed by atoms with Gasteiger partial charge in [0.25, 0.3) is 0 Å². The fraction of sp³-hybridized carbons (Fsp3) is 0.515. The lowest BCUT2D eigenvalue weighted by molar-refractivity contribution is -0.160. The minimum Gasteiger partial charge on any atom is -0.508 e. The second kappa shape index (κ2) is 13.3. The number of aromatic hydroxyl groups is 1. The monoisotopic (exact) mass is 532 g/mol. The number of piperidine rings is 1. The number of benzene rings is 2. The van der Waals surface area contributed by atoms with E-state index in [-0.39, 0.29) is 41.1 Å². The number of carbonyl (C=O) groups is 2. The van der Waals surface area contributed by atoms with Crippen LogP contribution in [0.2, 0.25) is 0 Å². The summed E-state index contributed by atoms with van der Waals surface area (Å²) >= 11 is 0. The smallest absolute Gasteiger partial charge is 0.302 e. The normalized spacial score (nSPS) is 24.9. The fourth-order valence-corrected chi connectivity index (χ4v) is 6.84. The first-order valence-electron chi connectivity index (χ1n) is 14.4. The van der Waals surface area contributed by atoms with Gasteiger partial charge in [-0.05, 0) is 61.9 Å². The van der Waals surface area contributed by atoms with Crippen molar-refractivity contribution in [2.45, 2.75) is 75.9 Å². The van der Waals surface area contributed by atoms with Crippen LogP contribution in [0.25, 0.3) is 0 Å². The Kier molecular flexibility index (Phi) is 9.84. The Balaban J connectivity index is 1.49. The molecule has 4 rings (SSSR count). The molecule has 2 aromatic carbocycles. The van der Waals surface area contributed by atoms with Crippen molar-refractivity contribution in [3.8, 4) is 5.75 Å². The molecule has 6 nitrogen and oxygen atoms in total. The average molecular weight is 533 g/mol. The molecule has 1 amide bonds. The number of amides is 1. The highest BCUT2D eigenvalue weighted by Crippen LogP contribution is 2.51. The zero-order chi connectivity index (χ0) is 27.8. The number of unbranched alkanes of at least 4 members (excludes halogenated alkanes) is 2. The molecule has 1 aliphatic carbocycles. The molecular formula is C33H44N2O4. The van der Waals surface area contributed by atoms with Gasteiger partial charge >= 0.3 is 5.97 Å². The van der Waals surface area contributed by atoms with Gasteiger partial charge in [-0.3, -0.25) is 14.5 Å². The number of rotatable bonds is 11. The summed E-state index contributed by atoms with van der Waals surface area (Å²) in [6.07, 6.45) is 8.41. The van der Waals surface area contributed by atoms with Crippen LogP contribution < -0.4 is 0 Å². The number of likely N-dealkylation sites (tertiary alicyclic amines) is 1. The van der Waals surface area contributed by atoms with E-state index < -0.39 is 0 Å². The zero-order valence-electron chi connectivity index (χ0n) is 23.6. The van der Waals surface area contributed by atoms with Gasteiger partial charge in [0.1, 0.15) is 11.9 Å². The van der Waals surface area contributed by atoms with Crippen LogP contribution in [0.4, 0.5) is 0 Å². The highest BCUT2D eigenvalue weighted by molar-refractivity contribution is 5.76. The Bertz CT molecular complexity index is 1120. The number of fused-ring (bicyclic) bond motifs is 1. The SMILES string of the molecule is C=CCN1CCC2(c3cccc(O)c3)CC(N(C)C(=O)CCCCCc3ccccc3)CC(OC(C)=O)C2C1. The van der Waals surface area contributed by atoms with Gasteiger partial charge in [0.05, 0.1) is 0 Å². The van der Waals surface area contributed by atoms with E-state index in [0.29, 0.717) is 12.8 Å². The van der Waals surface area contributed by atoms with Crippen molar-refractivity contribution in [1.82, 2.24) is 9.80 Å². The number of hydrogen-bond acceptors (Lipinski definition) is 5. The van der Waals surface area contributed by atoms with Crippen molar-refractivity contribution in [1.29, 1.82) is 0 Å². The summed E-state index contributed by atoms with van der Waals surface area (Å²) in [7, 11) is 1.91. The molecule has 4 atom stereocenters. The van der Waals surface area contributed by atoms with Crippen LogP contribution in [-0.4, -0.2) is 65.6 Å². The number of hydrogen-bond donors (Lipinski definition) is 1. The maximum atomic E-state index is 13.4. The highest BCUT2D eigenvalue weighted by Gasteiger charge is 2.54. The minimum atomic E-state index is -0.308. The summed E-state index contributed by atoms with van der Waals surface area (Å²) in [4.78, 5) is 29.9. The standard InChI is InChI=1S/C33H44N2O4/c1-4-19-35-20-18-33(27-15-11-16-29(37)21-27)23-28(22-31(30(33)24-35)39-25(2)36)34(3)32(38)17-10-6-9-14-26-12-7-5-8-13-26/h4-5,7-8,11-13,15-16,21,28,30-31,37H,1,6,9-10,14,17-20,22-24H2,2-3H3. The van der Waals surface area contributed by atoms with Crippen molar-refractivity contribution in [3.63, 3.8) is 0 Å². The van der Waals surface area contributed by atoms with Crippen LogP contribution in [0.1, 0.15) is 63.0 Å². The van der Waals surface area contributed by atoms with Crippen LogP contribution in [0.5, 0.6) is 5.75 Å². The first-order valence-corrected chi connectivity index (χ1v) is 14.4. The van der Waals surface area contributed by atoms with E-state index >= 15 is 0 Å². The molecule has 210 valence electrons. The number of nitrogens with zero attached hydrogens (tertiary/aromatic N) is 2. The van der Waals surface area contributed by atoms with Crippen molar-refractivity contribution in [2.24, 2.45) is 5.92 Å². The maximum Gasteiger partial charge on any atom is 0.302 e. The van der Waals surface area contributed by atoms with Crippen molar-refractivity contribution in [3.05, 3.63) is 78.4 Å². The van der Waals surface area contributed by atoms with E-state index in [0.717, 1.165) is 63.7 Å². The van der Waals surface area contributed by atoms with E-state index in [1.165, 1.54) is 12.5 Å². The molecule has 1 heterocycles. The molecule has 0 aromatic heterocycles. The van der Waals surface area contributed by atoms with Gasteiger partial charge < -0.3 is 14.7 Å². The molecule has 6 heteroatoms. The first kappa shape index (κ1) is 28.9. The summed E-state index contributed by atoms with van der Waals surface area (Å²) in [5, 5.41) is 10.4. The molecule has 1 aliphatic heterocycles. The van der Waals surface area contributed by atoms with Crippen molar-refractivity contribution < 1.29 is 19.4 Å². The molecule has 0 bridgehead atoms. The second-order valence-electron chi connectivity index (χ2n) is 11.4. The zero-order valence-corrected chi connectivity index (χ0v) is 23.6. The van der Waals surface area contributed by atoms with Crippen molar-refractivity contribution >= 4 is 11.9 Å². The molecule has 0 radical (unpaired) electrons. The average Bonchev–Trinajstić information content (AvgIpc) is 2.93. The second-order valence-corrected chi connectivity index (χ2v) is 11.4. The summed E-state index contributed by atoms with van der Waals surface area (Å²) in [5.74, 6) is 0.156. The number of aryl methyl sites for hydroxylation is 1. The van der Waals surface area contributed by atoms with Crippen LogP contribution in [0.3, 0.4) is 0 Å². The molecule has 2 aliphatic rings. The van der Waals surface area contributed by atoms with E-state index in [1.807, 2.05) is 36.2 Å². The quantitative estimate of drug-likeness (QED) is 0.235. The Morgan fingerprint density at radius 3 is 2.67 bits per heavy atom. The largest absolute Gasteiger partial charge is 0.508 e. The van der Waals surface area contributed by atoms with Gasteiger partial charge in [-0.15, -0.1) is 6.58 Å². The number of ether oxygens (including phenoxy) is 1. The molecule has 2 aromatic rings. The summed E-state index contributed by atoms with van der Waals surface area (Å²) in [5.41, 5.74) is 2.10. The number of carbonyl (C=O) groups excluding carboxylic acids is 2. The lowest BCUT2D eigenvalue weighted by atomic mass is 9.56. The van der Waals surface area contributed by atoms with Gasteiger partial charge in [0, 0.05) is 57.3 Å². The molecular weight excluding hydrogens is 488 g/mol. The van der Waals surface area contributed by atoms with E-state index in [2.05, 4.69) is 41.8 Å². The molecule has 4 unspecified atom stereocenters. The molecule has 39 heavy (non-hydrogen) atoms. The predicted octanol–water partition coefficient (Wildman–Crippen LogP) is 5.49. The third-order valence-electron chi connectivity index (χ3n) is 8.86. The van der Waals surface area contributed by atoms with E-state index in [1.54, 1.807) is 6.07 Å². The Labute approximate surface area is 233 Å². The van der Waals surface area contributed by atoms with E-state index in [9.17, 15) is 14.7 Å². The van der Waals surface area contributed by atoms with Crippen molar-refractivity contribution in [2.75, 3.05) is 26.7 Å². The lowest BCUT2D eigenvalue weighted by Crippen LogP contribution is -2.61. The summed E-state index contributed by atoms with van der Waals surface area (Å²) < 4.78 is 5.99. The maximum absolute atomic E-state index is 13.4. The van der Waals surface area contributed by atoms with Crippen LogP contribution in [-0.2, 0) is 26.2 Å². The topological polar surface area (TPSA) is 70.1 Å². The third kappa shape index (κ3) is 7.10. The Morgan fingerprint density at radius 1 is 1.15 bits per heavy atom. The highest BCUT2D eigenvalue weighted by atomic mass is 16.5. The van der Waals surface area contributed by atoms with Gasteiger partial charge in [-0.25, -0.2) is 0 Å². The summed E-state index contributed by atoms with van der Waals surface area (Å²) in [6.45, 7) is 7.83. The van der Waals surface area contributed by atoms with E-state index in [4.69, 9.17) is 4.74 Å². The molecule has 1 saturated carbocycles. The molecule has 2 fully saturated rings. The van der Waals surface area contributed by atoms with Crippen LogP contribution >= 0.6 is 0 Å². The molecule has 0 spiro atoms. The predicted molar refractivity (Wildman–Crippen MR) is 154 cm³/mol. The van der Waals surface area contributed by atoms with Gasteiger partial charge in [0.2, 0.25) is 5.91 Å². The molecule has 1 N–H and O–H groups in total. The number of phenolic OH excluding ortho intramolecular Hbond substituents is 1. The molecule has 1 saturated heterocycles. The van der Waals surface area contributed by atoms with Gasteiger partial charge in [-0.1, -0.05) is 55.0 Å². The number of esters is 1. The van der Waals surface area contributed by atoms with Crippen LogP contribution in [0, 0.1) is 5.92 Å². The third-order valence-corrected chi connectivity index (χ3v) is 8.86. The number of phenols is 1. The Hall–Kier alpha value is -3.12.